The number of nitrogen functional groups attached to an aromatic ring is 1. The van der Waals surface area contributed by atoms with Gasteiger partial charge < -0.3 is 11.1 Å². The number of aryl methyl sites for hydroxylation is 2. The third-order valence-electron chi connectivity index (χ3n) is 5.12. The summed E-state index contributed by atoms with van der Waals surface area (Å²) >= 11 is 0. The van der Waals surface area contributed by atoms with E-state index in [1.54, 1.807) is 0 Å². The highest BCUT2D eigenvalue weighted by Gasteiger charge is 2.18. The Morgan fingerprint density at radius 1 is 1.00 bits per heavy atom. The first-order chi connectivity index (χ1) is 14.7. The number of hydrogen-bond acceptors (Lipinski definition) is 6. The number of imidazole rings is 1. The first-order valence-corrected chi connectivity index (χ1v) is 10.5. The Kier molecular flexibility index (Phi) is 5.92. The molecule has 0 aliphatic rings. The fourth-order valence-corrected chi connectivity index (χ4v) is 3.51. The van der Waals surface area contributed by atoms with E-state index in [1.807, 2.05) is 39.8 Å². The number of hydrogen-bond donors (Lipinski definition) is 2. The van der Waals surface area contributed by atoms with Crippen molar-refractivity contribution in [1.29, 1.82) is 0 Å². The number of nitrogens with two attached hydrogens (primary N) is 1. The van der Waals surface area contributed by atoms with Gasteiger partial charge in [-0.05, 0) is 30.9 Å². The van der Waals surface area contributed by atoms with Crippen LogP contribution in [0.15, 0.2) is 42.7 Å². The largest absolute Gasteiger partial charge is 0.382 e. The normalized spacial score (nSPS) is 11.3. The van der Waals surface area contributed by atoms with E-state index in [2.05, 4.69) is 41.4 Å². The van der Waals surface area contributed by atoms with Crippen LogP contribution in [0.2, 0.25) is 0 Å². The fourth-order valence-electron chi connectivity index (χ4n) is 3.51. The van der Waals surface area contributed by atoms with Crippen molar-refractivity contribution in [2.24, 2.45) is 0 Å². The van der Waals surface area contributed by atoms with Crippen LogP contribution in [0.25, 0.3) is 17.1 Å². The molecule has 0 bridgehead atoms. The molecule has 4 aromatic rings. The van der Waals surface area contributed by atoms with E-state index in [9.17, 15) is 0 Å². The van der Waals surface area contributed by atoms with E-state index in [-0.39, 0.29) is 0 Å². The second-order valence-corrected chi connectivity index (χ2v) is 7.35. The Morgan fingerprint density at radius 2 is 1.83 bits per heavy atom. The van der Waals surface area contributed by atoms with Gasteiger partial charge in [0.1, 0.15) is 0 Å². The number of nitrogens with one attached hydrogen (secondary N) is 1. The Bertz CT molecular complexity index is 1110. The maximum absolute atomic E-state index is 6.23. The van der Waals surface area contributed by atoms with Crippen LogP contribution in [0.1, 0.15) is 44.2 Å². The summed E-state index contributed by atoms with van der Waals surface area (Å²) in [5.41, 5.74) is 9.90. The van der Waals surface area contributed by atoms with Crippen LogP contribution in [-0.4, -0.2) is 29.3 Å². The summed E-state index contributed by atoms with van der Waals surface area (Å²) in [6.45, 7) is 5.59. The smallest absolute Gasteiger partial charge is 0.233 e. The van der Waals surface area contributed by atoms with Crippen molar-refractivity contribution in [1.82, 2.24) is 29.3 Å². The van der Waals surface area contributed by atoms with Crippen molar-refractivity contribution in [3.05, 3.63) is 53.9 Å². The predicted octanol–water partition coefficient (Wildman–Crippen LogP) is 3.96. The number of unbranched alkanes of at least 4 members (excludes halogenated alkanes) is 2. The zero-order chi connectivity index (χ0) is 20.9. The van der Waals surface area contributed by atoms with Gasteiger partial charge in [-0.15, -0.1) is 0 Å². The molecule has 3 aromatic heterocycles. The van der Waals surface area contributed by atoms with E-state index >= 15 is 0 Å². The van der Waals surface area contributed by atoms with E-state index in [0.29, 0.717) is 42.0 Å². The van der Waals surface area contributed by atoms with E-state index < -0.39 is 0 Å². The molecule has 0 amide bonds. The summed E-state index contributed by atoms with van der Waals surface area (Å²) in [6.07, 6.45) is 8.58. The SMILES string of the molecule is CCCCCc1cnn(-c2nc3c(N)nc(NCc4ccccc4)nc3n2CC)c1. The molecule has 8 heteroatoms. The molecule has 0 fully saturated rings. The Hall–Kier alpha value is -3.42. The molecule has 0 aliphatic heterocycles. The molecule has 0 unspecified atom stereocenters. The molecule has 1 aromatic carbocycles. The third kappa shape index (κ3) is 4.12. The summed E-state index contributed by atoms with van der Waals surface area (Å²) in [7, 11) is 0. The minimum Gasteiger partial charge on any atom is -0.382 e. The molecule has 0 saturated heterocycles. The van der Waals surface area contributed by atoms with Crippen molar-refractivity contribution in [3.8, 4) is 5.95 Å². The van der Waals surface area contributed by atoms with Crippen molar-refractivity contribution in [2.75, 3.05) is 11.1 Å². The van der Waals surface area contributed by atoms with Gasteiger partial charge in [-0.25, -0.2) is 9.67 Å². The monoisotopic (exact) mass is 404 g/mol. The Morgan fingerprint density at radius 3 is 2.60 bits per heavy atom. The number of benzene rings is 1. The third-order valence-corrected chi connectivity index (χ3v) is 5.12. The summed E-state index contributed by atoms with van der Waals surface area (Å²) in [5, 5.41) is 7.79. The Labute approximate surface area is 176 Å². The van der Waals surface area contributed by atoms with Crippen LogP contribution in [0.3, 0.4) is 0 Å². The summed E-state index contributed by atoms with van der Waals surface area (Å²) < 4.78 is 3.83. The van der Waals surface area contributed by atoms with Crippen molar-refractivity contribution < 1.29 is 0 Å². The van der Waals surface area contributed by atoms with E-state index in [4.69, 9.17) is 15.7 Å². The molecule has 0 atom stereocenters. The quantitative estimate of drug-likeness (QED) is 0.410. The highest BCUT2D eigenvalue weighted by molar-refractivity contribution is 5.84. The Balaban J connectivity index is 1.63. The van der Waals surface area contributed by atoms with Crippen LogP contribution in [0, 0.1) is 0 Å². The molecule has 3 N–H and O–H groups in total. The average Bonchev–Trinajstić information content (AvgIpc) is 3.38. The number of rotatable bonds is 9. The standard InChI is InChI=1S/C22H28N8/c1-3-5-7-12-17-14-25-30(15-17)22-26-18-19(23)27-21(28-20(18)29(22)4-2)24-13-16-10-8-6-9-11-16/h6,8-11,14-15H,3-5,7,12-13H2,1-2H3,(H3,23,24,27,28). The van der Waals surface area contributed by atoms with Gasteiger partial charge in [-0.2, -0.15) is 15.1 Å². The zero-order valence-electron chi connectivity index (χ0n) is 17.5. The topological polar surface area (TPSA) is 99.5 Å². The lowest BCUT2D eigenvalue weighted by Crippen LogP contribution is -2.08. The van der Waals surface area contributed by atoms with Crippen LogP contribution in [0.4, 0.5) is 11.8 Å². The van der Waals surface area contributed by atoms with E-state index in [0.717, 1.165) is 12.0 Å². The van der Waals surface area contributed by atoms with Gasteiger partial charge in [-0.3, -0.25) is 4.57 Å². The number of aromatic nitrogens is 6. The number of anilines is 2. The first kappa shape index (κ1) is 19.9. The number of nitrogens with zero attached hydrogens (tertiary/aromatic N) is 6. The second-order valence-electron chi connectivity index (χ2n) is 7.35. The molecule has 8 nitrogen and oxygen atoms in total. The molecule has 4 rings (SSSR count). The summed E-state index contributed by atoms with van der Waals surface area (Å²) in [4.78, 5) is 13.8. The molecule has 3 heterocycles. The van der Waals surface area contributed by atoms with E-state index in [1.165, 1.54) is 24.8 Å². The van der Waals surface area contributed by atoms with Crippen LogP contribution < -0.4 is 11.1 Å². The minimum atomic E-state index is 0.360. The molecular formula is C22H28N8. The molecular weight excluding hydrogens is 376 g/mol. The summed E-state index contributed by atoms with van der Waals surface area (Å²) in [6, 6.07) is 10.1. The van der Waals surface area contributed by atoms with Gasteiger partial charge in [0.15, 0.2) is 17.0 Å². The lowest BCUT2D eigenvalue weighted by molar-refractivity contribution is 0.694. The highest BCUT2D eigenvalue weighted by Crippen LogP contribution is 2.23. The minimum absolute atomic E-state index is 0.360. The molecule has 0 aliphatic carbocycles. The van der Waals surface area contributed by atoms with Gasteiger partial charge in [0, 0.05) is 19.3 Å². The lowest BCUT2D eigenvalue weighted by Gasteiger charge is -2.08. The van der Waals surface area contributed by atoms with Crippen LogP contribution in [0.5, 0.6) is 0 Å². The fraction of sp³-hybridized carbons (Fsp3) is 0.364. The van der Waals surface area contributed by atoms with Crippen LogP contribution in [-0.2, 0) is 19.5 Å². The van der Waals surface area contributed by atoms with Gasteiger partial charge >= 0.3 is 0 Å². The zero-order valence-corrected chi connectivity index (χ0v) is 17.5. The van der Waals surface area contributed by atoms with Gasteiger partial charge in [0.05, 0.1) is 6.20 Å². The van der Waals surface area contributed by atoms with Gasteiger partial charge in [-0.1, -0.05) is 50.1 Å². The summed E-state index contributed by atoms with van der Waals surface area (Å²) in [5.74, 6) is 1.56. The van der Waals surface area contributed by atoms with Gasteiger partial charge in [0.2, 0.25) is 11.9 Å². The average molecular weight is 405 g/mol. The predicted molar refractivity (Wildman–Crippen MR) is 120 cm³/mol. The maximum atomic E-state index is 6.23. The van der Waals surface area contributed by atoms with Crippen molar-refractivity contribution in [3.63, 3.8) is 0 Å². The first-order valence-electron chi connectivity index (χ1n) is 10.5. The molecule has 0 radical (unpaired) electrons. The molecule has 30 heavy (non-hydrogen) atoms. The molecule has 0 spiro atoms. The highest BCUT2D eigenvalue weighted by atomic mass is 15.4. The lowest BCUT2D eigenvalue weighted by atomic mass is 10.1. The molecule has 0 saturated carbocycles. The van der Waals surface area contributed by atoms with Crippen LogP contribution >= 0.6 is 0 Å². The maximum Gasteiger partial charge on any atom is 0.233 e. The van der Waals surface area contributed by atoms with Crippen molar-refractivity contribution >= 4 is 22.9 Å². The number of fused-ring (bicyclic) bond motifs is 1. The van der Waals surface area contributed by atoms with Crippen molar-refractivity contribution in [2.45, 2.75) is 52.6 Å². The van der Waals surface area contributed by atoms with Gasteiger partial charge in [0.25, 0.3) is 0 Å². The molecule has 156 valence electrons. The second kappa shape index (κ2) is 8.94.